The Morgan fingerprint density at radius 3 is 2.70 bits per heavy atom. The molecule has 13 nitrogen and oxygen atoms in total. The fourth-order valence-electron chi connectivity index (χ4n) is 3.62. The molecule has 1 amide bonds. The number of fused-ring (bicyclic) bond motifs is 1. The number of nitro benzene ring substituents is 1. The molecule has 0 bridgehead atoms. The summed E-state index contributed by atoms with van der Waals surface area (Å²) >= 11 is 0.829. The molecule has 0 aliphatic carbocycles. The Kier molecular flexibility index (Phi) is 6.86. The number of hydrogen-bond acceptors (Lipinski definition) is 10. The number of aliphatic hydroxyl groups is 1. The zero-order valence-corrected chi connectivity index (χ0v) is 20.1. The number of aliphatic hydroxyl groups excluding tert-OH is 1. The maximum Gasteiger partial charge on any atom is 0.284 e. The van der Waals surface area contributed by atoms with Gasteiger partial charge >= 0.3 is 0 Å². The minimum atomic E-state index is -0.698. The van der Waals surface area contributed by atoms with Crippen LogP contribution in [0, 0.1) is 15.5 Å². The lowest BCUT2D eigenvalue weighted by molar-refractivity contribution is -0.385. The monoisotopic (exact) mass is 523 g/mol. The molecular formula is C23H21N7O6S. The van der Waals surface area contributed by atoms with E-state index in [1.54, 1.807) is 19.1 Å². The number of nitro groups is 1. The zero-order valence-electron chi connectivity index (χ0n) is 19.3. The van der Waals surface area contributed by atoms with Gasteiger partial charge in [-0.25, -0.2) is 0 Å². The van der Waals surface area contributed by atoms with Gasteiger partial charge in [0.15, 0.2) is 0 Å². The van der Waals surface area contributed by atoms with E-state index in [-0.39, 0.29) is 39.8 Å². The number of amidine groups is 1. The van der Waals surface area contributed by atoms with E-state index in [0.29, 0.717) is 10.9 Å². The second-order valence-corrected chi connectivity index (χ2v) is 8.83. The van der Waals surface area contributed by atoms with Gasteiger partial charge in [-0.2, -0.15) is 4.37 Å². The molecule has 37 heavy (non-hydrogen) atoms. The van der Waals surface area contributed by atoms with Crippen LogP contribution < -0.4 is 16.4 Å². The molecule has 0 fully saturated rings. The Bertz CT molecular complexity index is 1560. The average Bonchev–Trinajstić information content (AvgIpc) is 3.46. The fourth-order valence-corrected chi connectivity index (χ4v) is 4.33. The molecule has 14 heteroatoms. The van der Waals surface area contributed by atoms with E-state index in [4.69, 9.17) is 11.1 Å². The lowest BCUT2D eigenvalue weighted by Crippen LogP contribution is -2.35. The van der Waals surface area contributed by atoms with E-state index >= 15 is 0 Å². The van der Waals surface area contributed by atoms with Crippen LogP contribution >= 0.6 is 11.5 Å². The van der Waals surface area contributed by atoms with Gasteiger partial charge in [-0.15, -0.1) is 0 Å². The molecule has 0 aliphatic heterocycles. The minimum absolute atomic E-state index is 0.0252. The molecule has 2 aromatic carbocycles. The Balaban J connectivity index is 1.69. The first-order valence-electron chi connectivity index (χ1n) is 10.8. The van der Waals surface area contributed by atoms with Gasteiger partial charge in [0.1, 0.15) is 22.0 Å². The van der Waals surface area contributed by atoms with Gasteiger partial charge in [0, 0.05) is 34.9 Å². The van der Waals surface area contributed by atoms with Crippen LogP contribution in [0.3, 0.4) is 0 Å². The Hall–Kier alpha value is -4.82. The van der Waals surface area contributed by atoms with Gasteiger partial charge in [-0.05, 0) is 48.8 Å². The van der Waals surface area contributed by atoms with Gasteiger partial charge < -0.3 is 26.6 Å². The highest BCUT2D eigenvalue weighted by molar-refractivity contribution is 7.11. The van der Waals surface area contributed by atoms with Crippen molar-refractivity contribution in [3.8, 4) is 5.88 Å². The van der Waals surface area contributed by atoms with Crippen molar-refractivity contribution in [3.05, 3.63) is 75.5 Å². The SMILES string of the molecule is CC(CO)NC(=N)c1c(O)nsc1Nc1ccc(C(=O)n2ccc3ccc(C(N)=O)cc32)c([N+](=O)[O-])c1. The van der Waals surface area contributed by atoms with Gasteiger partial charge in [0.2, 0.25) is 11.8 Å². The average molecular weight is 524 g/mol. The van der Waals surface area contributed by atoms with E-state index in [9.17, 15) is 29.9 Å². The third kappa shape index (κ3) is 4.96. The number of amides is 1. The Morgan fingerprint density at radius 2 is 2.03 bits per heavy atom. The summed E-state index contributed by atoms with van der Waals surface area (Å²) in [7, 11) is 0. The molecule has 0 saturated heterocycles. The molecule has 0 saturated carbocycles. The lowest BCUT2D eigenvalue weighted by Gasteiger charge is -2.14. The summed E-state index contributed by atoms with van der Waals surface area (Å²) in [6.07, 6.45) is 1.45. The third-order valence-corrected chi connectivity index (χ3v) is 6.22. The number of nitrogens with zero attached hydrogens (tertiary/aromatic N) is 3. The van der Waals surface area contributed by atoms with Crippen molar-refractivity contribution in [3.63, 3.8) is 0 Å². The quantitative estimate of drug-likeness (QED) is 0.0866. The maximum absolute atomic E-state index is 13.3. The number of carbonyl (C=O) groups is 2. The van der Waals surface area contributed by atoms with Crippen molar-refractivity contribution < 1.29 is 24.7 Å². The first-order chi connectivity index (χ1) is 17.6. The van der Waals surface area contributed by atoms with Crippen LogP contribution in [0.25, 0.3) is 10.9 Å². The molecule has 1 atom stereocenters. The molecule has 2 heterocycles. The highest BCUT2D eigenvalue weighted by Gasteiger charge is 2.25. The predicted octanol–water partition coefficient (Wildman–Crippen LogP) is 2.54. The van der Waals surface area contributed by atoms with Crippen LogP contribution in [0.4, 0.5) is 16.4 Å². The van der Waals surface area contributed by atoms with E-state index in [1.165, 1.54) is 35.0 Å². The highest BCUT2D eigenvalue weighted by Crippen LogP contribution is 2.34. The third-order valence-electron chi connectivity index (χ3n) is 5.47. The maximum atomic E-state index is 13.3. The lowest BCUT2D eigenvalue weighted by atomic mass is 10.1. The van der Waals surface area contributed by atoms with Crippen molar-refractivity contribution in [2.24, 2.45) is 5.73 Å². The van der Waals surface area contributed by atoms with E-state index in [1.807, 2.05) is 0 Å². The van der Waals surface area contributed by atoms with Gasteiger partial charge in [-0.1, -0.05) is 6.07 Å². The largest absolute Gasteiger partial charge is 0.492 e. The number of aromatic nitrogens is 2. The van der Waals surface area contributed by atoms with Crippen LogP contribution in [-0.2, 0) is 0 Å². The predicted molar refractivity (Wildman–Crippen MR) is 137 cm³/mol. The van der Waals surface area contributed by atoms with Gasteiger partial charge in [-0.3, -0.25) is 29.7 Å². The Labute approximate surface area is 213 Å². The van der Waals surface area contributed by atoms with Gasteiger partial charge in [0.05, 0.1) is 17.0 Å². The van der Waals surface area contributed by atoms with Crippen molar-refractivity contribution in [2.75, 3.05) is 11.9 Å². The van der Waals surface area contributed by atoms with Crippen LogP contribution in [0.1, 0.15) is 33.2 Å². The number of aromatic hydroxyl groups is 1. The second-order valence-electron chi connectivity index (χ2n) is 8.06. The molecule has 0 radical (unpaired) electrons. The van der Waals surface area contributed by atoms with Crippen LogP contribution in [0.5, 0.6) is 5.88 Å². The summed E-state index contributed by atoms with van der Waals surface area (Å²) in [6, 6.07) is 9.63. The molecular weight excluding hydrogens is 502 g/mol. The summed E-state index contributed by atoms with van der Waals surface area (Å²) in [4.78, 5) is 36.0. The molecule has 0 aliphatic rings. The molecule has 0 spiro atoms. The first kappa shape index (κ1) is 25.3. The molecule has 190 valence electrons. The Morgan fingerprint density at radius 1 is 1.27 bits per heavy atom. The highest BCUT2D eigenvalue weighted by atomic mass is 32.1. The summed E-state index contributed by atoms with van der Waals surface area (Å²) < 4.78 is 5.02. The van der Waals surface area contributed by atoms with E-state index in [2.05, 4.69) is 15.0 Å². The minimum Gasteiger partial charge on any atom is -0.492 e. The summed E-state index contributed by atoms with van der Waals surface area (Å²) in [5.74, 6) is -1.99. The summed E-state index contributed by atoms with van der Waals surface area (Å²) in [5, 5.41) is 45.8. The summed E-state index contributed by atoms with van der Waals surface area (Å²) in [6.45, 7) is 1.39. The topological polar surface area (TPSA) is 209 Å². The number of nitrogens with two attached hydrogens (primary N) is 1. The molecule has 7 N–H and O–H groups in total. The van der Waals surface area contributed by atoms with Crippen LogP contribution in [0.15, 0.2) is 48.7 Å². The smallest absolute Gasteiger partial charge is 0.284 e. The number of primary amides is 1. The van der Waals surface area contributed by atoms with Crippen LogP contribution in [0.2, 0.25) is 0 Å². The molecule has 1 unspecified atom stereocenters. The number of carbonyl (C=O) groups excluding carboxylic acids is 2. The van der Waals surface area contributed by atoms with Crippen molar-refractivity contribution in [1.82, 2.24) is 14.3 Å². The van der Waals surface area contributed by atoms with Gasteiger partial charge in [0.25, 0.3) is 11.6 Å². The van der Waals surface area contributed by atoms with Crippen molar-refractivity contribution in [1.29, 1.82) is 5.41 Å². The van der Waals surface area contributed by atoms with E-state index < -0.39 is 34.3 Å². The molecule has 2 aromatic heterocycles. The van der Waals surface area contributed by atoms with Crippen molar-refractivity contribution >= 4 is 56.5 Å². The number of rotatable bonds is 8. The number of anilines is 2. The van der Waals surface area contributed by atoms with Crippen LogP contribution in [-0.4, -0.2) is 54.4 Å². The number of benzene rings is 2. The standard InChI is InChI=1S/C23H21N7O6S/c1-11(10-31)26-19(24)18-21(33)28-37-22(18)27-14-4-5-15(17(9-14)30(35)36)23(34)29-7-6-12-2-3-13(20(25)32)8-16(12)29/h2-9,11,27,31H,10H2,1H3,(H2,24,26)(H2,25,32)(H,28,33). The first-order valence-corrected chi connectivity index (χ1v) is 11.5. The van der Waals surface area contributed by atoms with Crippen molar-refractivity contribution in [2.45, 2.75) is 13.0 Å². The zero-order chi connectivity index (χ0) is 26.9. The summed E-state index contributed by atoms with van der Waals surface area (Å²) in [5.41, 5.74) is 5.45. The molecule has 4 rings (SSSR count). The second kappa shape index (κ2) is 10.0. The van der Waals surface area contributed by atoms with E-state index in [0.717, 1.165) is 17.6 Å². The number of hydrogen-bond donors (Lipinski definition) is 6. The fraction of sp³-hybridized carbons (Fsp3) is 0.130. The normalized spacial score (nSPS) is 11.7. The number of nitrogens with one attached hydrogen (secondary N) is 3. The molecule has 4 aromatic rings.